The van der Waals surface area contributed by atoms with Crippen LogP contribution in [0, 0.1) is 27.7 Å². The number of rotatable bonds is 6. The van der Waals surface area contributed by atoms with Crippen LogP contribution in [0.2, 0.25) is 10.0 Å². The average Bonchev–Trinajstić information content (AvgIpc) is 3.52. The Morgan fingerprint density at radius 2 is 1.24 bits per heavy atom. The Morgan fingerprint density at radius 1 is 0.725 bits per heavy atom. The number of benzene rings is 4. The largest absolute Gasteiger partial charge is 3.00 e. The van der Waals surface area contributed by atoms with E-state index in [0.29, 0.717) is 49.6 Å². The molecule has 0 fully saturated rings. The smallest absolute Gasteiger partial charge is 0.871 e. The molecular formula is C34H29Cl2CrN8Na2O4+4. The van der Waals surface area contributed by atoms with Crippen LogP contribution in [0.25, 0.3) is 11.4 Å². The summed E-state index contributed by atoms with van der Waals surface area (Å²) in [6.07, 6.45) is 0. The first-order valence-corrected chi connectivity index (χ1v) is 15.2. The van der Waals surface area contributed by atoms with Gasteiger partial charge in [-0.3, -0.25) is 9.89 Å². The van der Waals surface area contributed by atoms with Gasteiger partial charge in [0.25, 0.3) is 11.3 Å². The van der Waals surface area contributed by atoms with Crippen LogP contribution >= 0.6 is 23.2 Å². The van der Waals surface area contributed by atoms with Crippen LogP contribution in [-0.4, -0.2) is 24.7 Å². The van der Waals surface area contributed by atoms with E-state index in [-0.39, 0.29) is 116 Å². The van der Waals surface area contributed by atoms with Crippen molar-refractivity contribution in [1.82, 2.24) is 19.6 Å². The van der Waals surface area contributed by atoms with E-state index in [0.717, 1.165) is 0 Å². The van der Waals surface area contributed by atoms with Crippen LogP contribution in [0.1, 0.15) is 22.5 Å². The molecule has 0 aliphatic rings. The van der Waals surface area contributed by atoms with Crippen molar-refractivity contribution in [1.29, 1.82) is 0 Å². The summed E-state index contributed by atoms with van der Waals surface area (Å²) in [5.41, 5.74) is 3.91. The van der Waals surface area contributed by atoms with E-state index in [1.165, 1.54) is 15.4 Å². The molecule has 6 aromatic rings. The van der Waals surface area contributed by atoms with Crippen molar-refractivity contribution < 1.29 is 91.8 Å². The fourth-order valence-electron chi connectivity index (χ4n) is 4.57. The van der Waals surface area contributed by atoms with Gasteiger partial charge in [0.2, 0.25) is 0 Å². The van der Waals surface area contributed by atoms with E-state index in [1.54, 1.807) is 70.2 Å². The van der Waals surface area contributed by atoms with Gasteiger partial charge in [-0.25, -0.2) is 9.36 Å². The summed E-state index contributed by atoms with van der Waals surface area (Å²) < 4.78 is 2.67. The number of nitrogens with one attached hydrogen (secondary N) is 1. The topological polar surface area (TPSA) is 174 Å². The molecule has 4 aromatic carbocycles. The van der Waals surface area contributed by atoms with Gasteiger partial charge in [-0.1, -0.05) is 70.9 Å². The number of para-hydroxylation sites is 2. The molecule has 2 heterocycles. The Balaban J connectivity index is 0.000000334. The molecule has 0 spiro atoms. The van der Waals surface area contributed by atoms with Gasteiger partial charge in [-0.2, -0.15) is 10.2 Å². The second-order valence-corrected chi connectivity index (χ2v) is 11.5. The molecule has 0 unspecified atom stereocenters. The third kappa shape index (κ3) is 10.5. The number of aromatic nitrogens is 4. The zero-order valence-corrected chi connectivity index (χ0v) is 35.4. The third-order valence-electron chi connectivity index (χ3n) is 7.06. The molecule has 247 valence electrons. The monoisotopic (exact) mass is 781 g/mol. The number of hydrogen-bond acceptors (Lipinski definition) is 8. The molecule has 0 aliphatic carbocycles. The van der Waals surface area contributed by atoms with Gasteiger partial charge in [-0.05, 0) is 76.2 Å². The molecule has 6 rings (SSSR count). The molecule has 51 heavy (non-hydrogen) atoms. The zero-order chi connectivity index (χ0) is 34.5. The predicted octanol–water partition coefficient (Wildman–Crippen LogP) is 2.00. The van der Waals surface area contributed by atoms with Gasteiger partial charge in [0, 0.05) is 21.5 Å². The van der Waals surface area contributed by atoms with Crippen molar-refractivity contribution in [3.8, 4) is 28.8 Å². The molecule has 0 bridgehead atoms. The Bertz CT molecular complexity index is 2230. The van der Waals surface area contributed by atoms with Gasteiger partial charge in [-0.15, -0.1) is 15.3 Å². The maximum absolute atomic E-state index is 12.5. The Kier molecular flexibility index (Phi) is 16.9. The van der Waals surface area contributed by atoms with Gasteiger partial charge in [0.15, 0.2) is 11.4 Å². The van der Waals surface area contributed by atoms with Crippen LogP contribution in [0.15, 0.2) is 110 Å². The van der Waals surface area contributed by atoms with E-state index < -0.39 is 0 Å². The quantitative estimate of drug-likeness (QED) is 0.155. The van der Waals surface area contributed by atoms with Crippen molar-refractivity contribution in [2.24, 2.45) is 20.5 Å². The summed E-state index contributed by atoms with van der Waals surface area (Å²) >= 11 is 11.9. The first-order chi connectivity index (χ1) is 22.9. The predicted molar refractivity (Wildman–Crippen MR) is 182 cm³/mol. The number of H-pyrrole nitrogens is 1. The summed E-state index contributed by atoms with van der Waals surface area (Å²) in [7, 11) is 0. The van der Waals surface area contributed by atoms with Crippen LogP contribution in [0.4, 0.5) is 22.7 Å². The molecule has 0 aliphatic heterocycles. The summed E-state index contributed by atoms with van der Waals surface area (Å²) in [6, 6.07) is 24.4. The number of halogens is 2. The molecule has 1 radical (unpaired) electrons. The number of aryl methyl sites for hydroxylation is 4. The Hall–Kier alpha value is -3.19. The summed E-state index contributed by atoms with van der Waals surface area (Å²) in [6.45, 7) is 6.83. The van der Waals surface area contributed by atoms with Gasteiger partial charge in [0.1, 0.15) is 5.69 Å². The fraction of sp³-hybridized carbons (Fsp3) is 0.118. The minimum atomic E-state index is -0.354. The second-order valence-electron chi connectivity index (χ2n) is 10.6. The third-order valence-corrected chi connectivity index (χ3v) is 7.49. The standard InChI is InChI=1S/2C17H15ClN4O2.Cr.2Na/c2*1-10-8-12(18)9-14(16(10)23)19-20-15-11(2)21-22(17(15)24)13-6-4-3-5-7-13;;;/h3-9,23-24H,1-2H3;3-9,21,23H,1-2H3;;;/q;;+3;2*+1/p-1. The average molecular weight is 783 g/mol. The molecule has 0 saturated heterocycles. The Labute approximate surface area is 358 Å². The fourth-order valence-corrected chi connectivity index (χ4v) is 5.10. The molecule has 12 nitrogen and oxygen atoms in total. The minimum Gasteiger partial charge on any atom is -0.871 e. The Morgan fingerprint density at radius 3 is 1.84 bits per heavy atom. The summed E-state index contributed by atoms with van der Waals surface area (Å²) in [5.74, 6) is -0.392. The van der Waals surface area contributed by atoms with Crippen molar-refractivity contribution in [3.05, 3.63) is 128 Å². The SMILES string of the molecule is Cc1cc(Cl)cc(N=Nc2c(C)[nH]n(-c3ccccc3)c2=O)c1[O-].Cc1cc(Cl)cc(N=Nc2c(C)nn(-c3ccccc3)c2[O-])c1[OH2+].[Cr+3].[Na+].[Na+]. The molecule has 0 saturated carbocycles. The number of azo groups is 2. The first kappa shape index (κ1) is 44.0. The molecule has 2 aromatic heterocycles. The molecule has 3 N–H and O–H groups in total. The second kappa shape index (κ2) is 19.6. The number of hydrogen-bond donors (Lipinski definition) is 1. The van der Waals surface area contributed by atoms with Crippen molar-refractivity contribution >= 4 is 46.0 Å². The summed E-state index contributed by atoms with van der Waals surface area (Å²) in [4.78, 5) is 12.5. The molecule has 17 heteroatoms. The summed E-state index contributed by atoms with van der Waals surface area (Å²) in [5, 5.41) is 56.5. The van der Waals surface area contributed by atoms with Crippen LogP contribution in [0.5, 0.6) is 17.4 Å². The van der Waals surface area contributed by atoms with Gasteiger partial charge < -0.3 is 15.3 Å². The minimum absolute atomic E-state index is 0. The maximum Gasteiger partial charge on any atom is 3.00 e. The van der Waals surface area contributed by atoms with E-state index in [2.05, 4.69) is 30.7 Å². The number of aromatic amines is 1. The van der Waals surface area contributed by atoms with Crippen LogP contribution in [0.3, 0.4) is 0 Å². The molecule has 0 amide bonds. The van der Waals surface area contributed by atoms with Crippen molar-refractivity contribution in [2.75, 3.05) is 0 Å². The van der Waals surface area contributed by atoms with Crippen LogP contribution < -0.4 is 74.9 Å². The van der Waals surface area contributed by atoms with E-state index in [4.69, 9.17) is 28.3 Å². The molecule has 0 atom stereocenters. The van der Waals surface area contributed by atoms with Gasteiger partial charge in [0.05, 0.1) is 28.5 Å². The molecular weight excluding hydrogens is 753 g/mol. The normalized spacial score (nSPS) is 10.6. The van der Waals surface area contributed by atoms with E-state index in [9.17, 15) is 15.0 Å². The first-order valence-electron chi connectivity index (χ1n) is 14.5. The van der Waals surface area contributed by atoms with E-state index in [1.807, 2.05) is 36.4 Å². The van der Waals surface area contributed by atoms with Crippen LogP contribution in [-0.2, 0) is 17.4 Å². The number of nitrogens with zero attached hydrogens (tertiary/aromatic N) is 7. The van der Waals surface area contributed by atoms with E-state index >= 15 is 0 Å². The zero-order valence-electron chi connectivity index (χ0n) is 28.6. The van der Waals surface area contributed by atoms with Gasteiger partial charge >= 0.3 is 76.5 Å². The van der Waals surface area contributed by atoms with Crippen molar-refractivity contribution in [2.45, 2.75) is 27.7 Å². The van der Waals surface area contributed by atoms with Crippen molar-refractivity contribution in [3.63, 3.8) is 0 Å². The maximum atomic E-state index is 12.5.